The molecule has 2 aromatic heterocycles. The van der Waals surface area contributed by atoms with Gasteiger partial charge >= 0.3 is 6.18 Å². The van der Waals surface area contributed by atoms with Crippen LogP contribution in [0.15, 0.2) is 30.5 Å². The van der Waals surface area contributed by atoms with E-state index in [0.717, 1.165) is 23.3 Å². The molecule has 0 fully saturated rings. The van der Waals surface area contributed by atoms with Gasteiger partial charge in [-0.25, -0.2) is 0 Å². The maximum Gasteiger partial charge on any atom is 0.416 e. The van der Waals surface area contributed by atoms with Gasteiger partial charge in [-0.2, -0.15) is 13.2 Å². The Balaban J connectivity index is 2.26. The van der Waals surface area contributed by atoms with Gasteiger partial charge < -0.3 is 0 Å². The minimum absolute atomic E-state index is 0.286. The summed E-state index contributed by atoms with van der Waals surface area (Å²) in [5, 5.41) is 8.85. The second-order valence-electron chi connectivity index (χ2n) is 5.02. The summed E-state index contributed by atoms with van der Waals surface area (Å²) in [5.74, 6) is 0.469. The first-order valence-electron chi connectivity index (χ1n) is 6.47. The average molecular weight is 326 g/mol. The number of halogens is 4. The van der Waals surface area contributed by atoms with Crippen LogP contribution in [0.3, 0.4) is 0 Å². The number of rotatable bonds is 1. The molecule has 0 atom stereocenters. The zero-order valence-corrected chi connectivity index (χ0v) is 12.5. The largest absolute Gasteiger partial charge is 0.416 e. The van der Waals surface area contributed by atoms with Gasteiger partial charge in [0.15, 0.2) is 11.0 Å². The molecule has 114 valence electrons. The molecule has 0 bridgehead atoms. The highest BCUT2D eigenvalue weighted by Crippen LogP contribution is 2.33. The Bertz CT molecular complexity index is 868. The summed E-state index contributed by atoms with van der Waals surface area (Å²) < 4.78 is 40.3. The summed E-state index contributed by atoms with van der Waals surface area (Å²) in [6, 6.07) is 5.36. The summed E-state index contributed by atoms with van der Waals surface area (Å²) in [7, 11) is 0. The molecule has 0 N–H and O–H groups in total. The van der Waals surface area contributed by atoms with Crippen molar-refractivity contribution in [3.05, 3.63) is 52.3 Å². The van der Waals surface area contributed by atoms with E-state index in [1.54, 1.807) is 23.8 Å². The Hall–Kier alpha value is -2.08. The minimum Gasteiger partial charge on any atom is -0.299 e. The highest BCUT2D eigenvalue weighted by atomic mass is 35.5. The maximum absolute atomic E-state index is 12.9. The Kier molecular flexibility index (Phi) is 3.36. The Labute approximate surface area is 129 Å². The van der Waals surface area contributed by atoms with Crippen molar-refractivity contribution in [3.8, 4) is 5.82 Å². The lowest BCUT2D eigenvalue weighted by atomic mass is 10.1. The van der Waals surface area contributed by atoms with Crippen LogP contribution in [0.1, 0.15) is 16.7 Å². The minimum atomic E-state index is -4.39. The molecule has 0 aliphatic rings. The summed E-state index contributed by atoms with van der Waals surface area (Å²) in [6.07, 6.45) is -2.71. The maximum atomic E-state index is 12.9. The van der Waals surface area contributed by atoms with E-state index < -0.39 is 11.7 Å². The summed E-state index contributed by atoms with van der Waals surface area (Å²) in [4.78, 5) is 0. The van der Waals surface area contributed by atoms with Crippen molar-refractivity contribution in [2.24, 2.45) is 0 Å². The van der Waals surface area contributed by atoms with E-state index in [4.69, 9.17) is 11.6 Å². The monoisotopic (exact) mass is 325 g/mol. The number of hydrogen-bond acceptors (Lipinski definition) is 2. The number of aromatic nitrogens is 3. The highest BCUT2D eigenvalue weighted by Gasteiger charge is 2.30. The van der Waals surface area contributed by atoms with Gasteiger partial charge in [0, 0.05) is 17.1 Å². The predicted octanol–water partition coefficient (Wildman–Crippen LogP) is 4.71. The van der Waals surface area contributed by atoms with Gasteiger partial charge in [-0.05, 0) is 37.6 Å². The molecule has 0 saturated heterocycles. The quantitative estimate of drug-likeness (QED) is 0.648. The number of alkyl halides is 3. The van der Waals surface area contributed by atoms with Gasteiger partial charge in [-0.1, -0.05) is 17.7 Å². The van der Waals surface area contributed by atoms with Crippen LogP contribution < -0.4 is 0 Å². The van der Waals surface area contributed by atoms with E-state index in [2.05, 4.69) is 10.2 Å². The highest BCUT2D eigenvalue weighted by molar-refractivity contribution is 6.30. The first-order valence-corrected chi connectivity index (χ1v) is 6.85. The fourth-order valence-corrected chi connectivity index (χ4v) is 2.46. The molecule has 0 aliphatic carbocycles. The van der Waals surface area contributed by atoms with Crippen LogP contribution in [-0.2, 0) is 6.18 Å². The molecule has 0 amide bonds. The van der Waals surface area contributed by atoms with Crippen molar-refractivity contribution in [1.82, 2.24) is 14.8 Å². The number of hydrogen-bond donors (Lipinski definition) is 0. The van der Waals surface area contributed by atoms with Crippen molar-refractivity contribution in [2.45, 2.75) is 20.0 Å². The van der Waals surface area contributed by atoms with Crippen LogP contribution >= 0.6 is 11.6 Å². The van der Waals surface area contributed by atoms with Crippen molar-refractivity contribution in [3.63, 3.8) is 0 Å². The van der Waals surface area contributed by atoms with Crippen LogP contribution in [0.2, 0.25) is 5.15 Å². The molecule has 1 aromatic carbocycles. The standard InChI is InChI=1S/C15H11ClF3N3/c1-8-9(2)14(21-20-13(8)16)22-6-5-10-3-4-11(7-12(10)22)15(17,18)19/h3-7H,1-2H3. The van der Waals surface area contributed by atoms with Crippen molar-refractivity contribution in [1.29, 1.82) is 0 Å². The normalized spacial score (nSPS) is 12.1. The lowest BCUT2D eigenvalue weighted by Crippen LogP contribution is -2.06. The van der Waals surface area contributed by atoms with E-state index in [0.29, 0.717) is 16.7 Å². The summed E-state index contributed by atoms with van der Waals surface area (Å²) >= 11 is 5.92. The Morgan fingerprint density at radius 2 is 1.77 bits per heavy atom. The van der Waals surface area contributed by atoms with Crippen molar-refractivity contribution >= 4 is 22.5 Å². The van der Waals surface area contributed by atoms with Gasteiger partial charge in [-0.15, -0.1) is 10.2 Å². The molecular formula is C15H11ClF3N3. The number of benzene rings is 1. The van der Waals surface area contributed by atoms with Crippen molar-refractivity contribution in [2.75, 3.05) is 0 Å². The zero-order valence-electron chi connectivity index (χ0n) is 11.7. The first kappa shape index (κ1) is 14.8. The van der Waals surface area contributed by atoms with Crippen LogP contribution in [-0.4, -0.2) is 14.8 Å². The van der Waals surface area contributed by atoms with Crippen LogP contribution in [0, 0.1) is 13.8 Å². The molecule has 3 aromatic rings. The summed E-state index contributed by atoms with van der Waals surface area (Å²) in [5.41, 5.74) is 1.25. The second-order valence-corrected chi connectivity index (χ2v) is 5.38. The second kappa shape index (κ2) is 4.98. The topological polar surface area (TPSA) is 30.7 Å². The van der Waals surface area contributed by atoms with E-state index in [9.17, 15) is 13.2 Å². The third-order valence-corrected chi connectivity index (χ3v) is 4.05. The molecule has 3 rings (SSSR count). The first-order chi connectivity index (χ1) is 10.3. The smallest absolute Gasteiger partial charge is 0.299 e. The molecule has 0 spiro atoms. The Morgan fingerprint density at radius 1 is 1.05 bits per heavy atom. The van der Waals surface area contributed by atoms with Crippen LogP contribution in [0.25, 0.3) is 16.7 Å². The third kappa shape index (κ3) is 2.33. The summed E-state index contributed by atoms with van der Waals surface area (Å²) in [6.45, 7) is 3.60. The van der Waals surface area contributed by atoms with Crippen molar-refractivity contribution < 1.29 is 13.2 Å². The lowest BCUT2D eigenvalue weighted by molar-refractivity contribution is -0.137. The lowest BCUT2D eigenvalue weighted by Gasteiger charge is -2.11. The number of nitrogens with zero attached hydrogens (tertiary/aromatic N) is 3. The van der Waals surface area contributed by atoms with Gasteiger partial charge in [0.25, 0.3) is 0 Å². The van der Waals surface area contributed by atoms with Crippen LogP contribution in [0.4, 0.5) is 13.2 Å². The molecule has 0 radical (unpaired) electrons. The van der Waals surface area contributed by atoms with Gasteiger partial charge in [0.2, 0.25) is 0 Å². The third-order valence-electron chi connectivity index (χ3n) is 3.69. The zero-order chi connectivity index (χ0) is 16.1. The number of fused-ring (bicyclic) bond motifs is 1. The average Bonchev–Trinajstić information content (AvgIpc) is 2.87. The van der Waals surface area contributed by atoms with Crippen LogP contribution in [0.5, 0.6) is 0 Å². The fourth-order valence-electron chi connectivity index (χ4n) is 2.28. The molecule has 22 heavy (non-hydrogen) atoms. The van der Waals surface area contributed by atoms with Gasteiger partial charge in [0.1, 0.15) is 0 Å². The van der Waals surface area contributed by atoms with E-state index in [-0.39, 0.29) is 5.15 Å². The Morgan fingerprint density at radius 3 is 2.45 bits per heavy atom. The SMILES string of the molecule is Cc1c(Cl)nnc(-n2ccc3ccc(C(F)(F)F)cc32)c1C. The molecule has 0 aliphatic heterocycles. The van der Waals surface area contributed by atoms with E-state index in [1.165, 1.54) is 6.07 Å². The fraction of sp³-hybridized carbons (Fsp3) is 0.200. The molecule has 0 unspecified atom stereocenters. The molecule has 2 heterocycles. The molecule has 3 nitrogen and oxygen atoms in total. The van der Waals surface area contributed by atoms with E-state index in [1.807, 2.05) is 6.92 Å². The molecule has 7 heteroatoms. The molecule has 0 saturated carbocycles. The van der Waals surface area contributed by atoms with Gasteiger partial charge in [0.05, 0.1) is 11.1 Å². The van der Waals surface area contributed by atoms with Gasteiger partial charge in [-0.3, -0.25) is 4.57 Å². The van der Waals surface area contributed by atoms with E-state index >= 15 is 0 Å². The predicted molar refractivity (Wildman–Crippen MR) is 78.4 cm³/mol. The molecular weight excluding hydrogens is 315 g/mol.